The Hall–Kier alpha value is -2.70. The molecule has 0 bridgehead atoms. The summed E-state index contributed by atoms with van der Waals surface area (Å²) in [5.41, 5.74) is 0.223. The van der Waals surface area contributed by atoms with Crippen molar-refractivity contribution in [3.63, 3.8) is 0 Å². The highest BCUT2D eigenvalue weighted by Gasteiger charge is 2.39. The molecule has 0 aromatic heterocycles. The molecule has 0 aliphatic carbocycles. The minimum Gasteiger partial charge on any atom is -0.461 e. The van der Waals surface area contributed by atoms with E-state index >= 15 is 0 Å². The average molecular weight is 249 g/mol. The van der Waals surface area contributed by atoms with Crippen LogP contribution in [0.2, 0.25) is 0 Å². The third kappa shape index (κ3) is 1.71. The van der Waals surface area contributed by atoms with Crippen molar-refractivity contribution in [2.75, 3.05) is 7.11 Å². The molecule has 7 heteroatoms. The van der Waals surface area contributed by atoms with Crippen molar-refractivity contribution < 1.29 is 28.8 Å². The van der Waals surface area contributed by atoms with E-state index in [1.54, 1.807) is 12.1 Å². The minimum absolute atomic E-state index is 0.111. The monoisotopic (exact) mass is 249 g/mol. The van der Waals surface area contributed by atoms with E-state index in [1.165, 1.54) is 12.1 Å². The van der Waals surface area contributed by atoms with Crippen LogP contribution >= 0.6 is 0 Å². The number of nitrogens with zero attached hydrogens (tertiary/aromatic N) is 1. The van der Waals surface area contributed by atoms with E-state index in [0.29, 0.717) is 0 Å². The predicted octanol–water partition coefficient (Wildman–Crippen LogP) is -0.0862. The van der Waals surface area contributed by atoms with E-state index in [9.17, 15) is 19.2 Å². The van der Waals surface area contributed by atoms with Crippen LogP contribution in [0.25, 0.3) is 0 Å². The first kappa shape index (κ1) is 11.8. The maximum atomic E-state index is 11.7. The minimum atomic E-state index is -1.44. The van der Waals surface area contributed by atoms with Crippen molar-refractivity contribution in [2.45, 2.75) is 0 Å². The van der Waals surface area contributed by atoms with Crippen LogP contribution in [-0.2, 0) is 19.2 Å². The van der Waals surface area contributed by atoms with E-state index in [2.05, 4.69) is 9.57 Å². The summed E-state index contributed by atoms with van der Waals surface area (Å²) in [6.07, 6.45) is 0. The Kier molecular flexibility index (Phi) is 2.80. The van der Waals surface area contributed by atoms with Gasteiger partial charge in [-0.2, -0.15) is 0 Å². The van der Waals surface area contributed by atoms with Gasteiger partial charge >= 0.3 is 11.9 Å². The lowest BCUT2D eigenvalue weighted by Crippen LogP contribution is -2.35. The highest BCUT2D eigenvalue weighted by atomic mass is 16.7. The van der Waals surface area contributed by atoms with Gasteiger partial charge < -0.3 is 9.57 Å². The Balaban J connectivity index is 2.24. The molecule has 1 aromatic rings. The van der Waals surface area contributed by atoms with E-state index in [1.807, 2.05) is 0 Å². The summed E-state index contributed by atoms with van der Waals surface area (Å²) in [4.78, 5) is 49.8. The van der Waals surface area contributed by atoms with Crippen LogP contribution in [0.3, 0.4) is 0 Å². The molecule has 0 radical (unpaired) electrons. The number of hydrogen-bond acceptors (Lipinski definition) is 6. The van der Waals surface area contributed by atoms with Gasteiger partial charge in [0.1, 0.15) is 0 Å². The molecule has 2 rings (SSSR count). The highest BCUT2D eigenvalue weighted by Crippen LogP contribution is 2.22. The van der Waals surface area contributed by atoms with Gasteiger partial charge in [-0.05, 0) is 12.1 Å². The predicted molar refractivity (Wildman–Crippen MR) is 55.1 cm³/mol. The largest absolute Gasteiger partial charge is 0.461 e. The van der Waals surface area contributed by atoms with Crippen molar-refractivity contribution >= 4 is 23.8 Å². The Labute approximate surface area is 101 Å². The van der Waals surface area contributed by atoms with Crippen LogP contribution in [0, 0.1) is 0 Å². The molecule has 1 heterocycles. The zero-order chi connectivity index (χ0) is 13.3. The number of ether oxygens (including phenoxy) is 1. The molecule has 0 fully saturated rings. The van der Waals surface area contributed by atoms with Gasteiger partial charge in [0.05, 0.1) is 18.2 Å². The van der Waals surface area contributed by atoms with Crippen molar-refractivity contribution in [1.82, 2.24) is 5.06 Å². The fourth-order valence-electron chi connectivity index (χ4n) is 1.45. The first-order chi connectivity index (χ1) is 8.56. The van der Waals surface area contributed by atoms with Crippen LogP contribution in [0.15, 0.2) is 24.3 Å². The first-order valence-corrected chi connectivity index (χ1v) is 4.84. The number of amides is 2. The van der Waals surface area contributed by atoms with E-state index < -0.39 is 23.8 Å². The highest BCUT2D eigenvalue weighted by molar-refractivity contribution is 6.30. The number of carbonyl (C=O) groups excluding carboxylic acids is 4. The second-order valence-corrected chi connectivity index (χ2v) is 3.32. The SMILES string of the molecule is COC(=O)C(=O)ON1C(=O)c2ccccc2C1=O. The molecule has 0 saturated heterocycles. The number of fused-ring (bicyclic) bond motifs is 1. The number of methoxy groups -OCH3 is 1. The number of hydroxylamine groups is 2. The molecule has 0 saturated carbocycles. The fourth-order valence-corrected chi connectivity index (χ4v) is 1.45. The molecule has 2 amide bonds. The summed E-state index contributed by atoms with van der Waals surface area (Å²) < 4.78 is 4.11. The third-order valence-electron chi connectivity index (χ3n) is 2.28. The Morgan fingerprint density at radius 3 is 1.94 bits per heavy atom. The summed E-state index contributed by atoms with van der Waals surface area (Å²) >= 11 is 0. The van der Waals surface area contributed by atoms with E-state index in [0.717, 1.165) is 7.11 Å². The van der Waals surface area contributed by atoms with E-state index in [4.69, 9.17) is 0 Å². The maximum Gasteiger partial charge on any atom is 0.442 e. The van der Waals surface area contributed by atoms with Crippen molar-refractivity contribution in [3.05, 3.63) is 35.4 Å². The number of esters is 1. The van der Waals surface area contributed by atoms with Gasteiger partial charge in [0.15, 0.2) is 0 Å². The van der Waals surface area contributed by atoms with Crippen LogP contribution in [0.5, 0.6) is 0 Å². The van der Waals surface area contributed by atoms with Gasteiger partial charge in [-0.25, -0.2) is 9.59 Å². The zero-order valence-electron chi connectivity index (χ0n) is 9.21. The molecule has 92 valence electrons. The Morgan fingerprint density at radius 1 is 1.00 bits per heavy atom. The Bertz CT molecular complexity index is 529. The van der Waals surface area contributed by atoms with Crippen molar-refractivity contribution in [1.29, 1.82) is 0 Å². The number of benzene rings is 1. The molecular formula is C11H7NO6. The van der Waals surface area contributed by atoms with Crippen LogP contribution in [0.4, 0.5) is 0 Å². The Morgan fingerprint density at radius 2 is 1.50 bits per heavy atom. The summed E-state index contributed by atoms with van der Waals surface area (Å²) in [6, 6.07) is 5.97. The molecular weight excluding hydrogens is 242 g/mol. The van der Waals surface area contributed by atoms with Gasteiger partial charge in [-0.1, -0.05) is 17.2 Å². The fraction of sp³-hybridized carbons (Fsp3) is 0.0909. The lowest BCUT2D eigenvalue weighted by atomic mass is 10.1. The quantitative estimate of drug-likeness (QED) is 0.392. The number of imide groups is 1. The van der Waals surface area contributed by atoms with Gasteiger partial charge in [0.2, 0.25) is 0 Å². The van der Waals surface area contributed by atoms with Crippen molar-refractivity contribution in [2.24, 2.45) is 0 Å². The lowest BCUT2D eigenvalue weighted by molar-refractivity contribution is -0.182. The topological polar surface area (TPSA) is 90.0 Å². The first-order valence-electron chi connectivity index (χ1n) is 4.84. The average Bonchev–Trinajstić information content (AvgIpc) is 2.63. The van der Waals surface area contributed by atoms with Gasteiger partial charge in [0, 0.05) is 0 Å². The van der Waals surface area contributed by atoms with E-state index in [-0.39, 0.29) is 16.2 Å². The molecule has 0 spiro atoms. The molecule has 0 N–H and O–H groups in total. The summed E-state index contributed by atoms with van der Waals surface area (Å²) in [5.74, 6) is -4.33. The number of hydrogen-bond donors (Lipinski definition) is 0. The second-order valence-electron chi connectivity index (χ2n) is 3.32. The third-order valence-corrected chi connectivity index (χ3v) is 2.28. The van der Waals surface area contributed by atoms with Crippen LogP contribution in [-0.4, -0.2) is 35.9 Å². The lowest BCUT2D eigenvalue weighted by Gasteiger charge is -2.10. The van der Waals surface area contributed by atoms with Gasteiger partial charge in [0.25, 0.3) is 11.8 Å². The molecule has 1 aliphatic heterocycles. The molecule has 0 atom stereocenters. The number of rotatable bonds is 1. The van der Waals surface area contributed by atoms with Crippen LogP contribution in [0.1, 0.15) is 20.7 Å². The van der Waals surface area contributed by atoms with Crippen molar-refractivity contribution in [3.8, 4) is 0 Å². The smallest absolute Gasteiger partial charge is 0.442 e. The molecule has 1 aromatic carbocycles. The normalized spacial score (nSPS) is 13.3. The summed E-state index contributed by atoms with van der Waals surface area (Å²) in [5, 5.41) is 0.240. The number of carbonyl (C=O) groups is 4. The molecule has 7 nitrogen and oxygen atoms in total. The standard InChI is InChI=1S/C11H7NO6/c1-17-10(15)11(16)18-12-8(13)6-4-2-3-5-7(6)9(12)14/h2-5H,1H3. The molecule has 0 unspecified atom stereocenters. The molecule has 18 heavy (non-hydrogen) atoms. The second kappa shape index (κ2) is 4.28. The summed E-state index contributed by atoms with van der Waals surface area (Å²) in [7, 11) is 0.978. The maximum absolute atomic E-state index is 11.7. The van der Waals surface area contributed by atoms with Gasteiger partial charge in [-0.3, -0.25) is 9.59 Å². The van der Waals surface area contributed by atoms with Gasteiger partial charge in [-0.15, -0.1) is 0 Å². The molecule has 1 aliphatic rings. The van der Waals surface area contributed by atoms with Crippen LogP contribution < -0.4 is 0 Å². The summed E-state index contributed by atoms with van der Waals surface area (Å²) in [6.45, 7) is 0. The zero-order valence-corrected chi connectivity index (χ0v) is 9.21.